The maximum atomic E-state index is 12.4. The SMILES string of the molecule is Cc1ccc2c(c1C)=NC(=O)C(CCNC(=O)/C=C/c1ccc3c(c1)OCO3)C=2. The van der Waals surface area contributed by atoms with Gasteiger partial charge in [0.25, 0.3) is 5.91 Å². The van der Waals surface area contributed by atoms with Gasteiger partial charge < -0.3 is 14.8 Å². The molecule has 0 spiro atoms. The highest BCUT2D eigenvalue weighted by Crippen LogP contribution is 2.32. The molecule has 2 aliphatic rings. The van der Waals surface area contributed by atoms with Crippen LogP contribution in [0.15, 0.2) is 41.4 Å². The number of fused-ring (bicyclic) bond motifs is 2. The fraction of sp³-hybridized carbons (Fsp3) is 0.261. The summed E-state index contributed by atoms with van der Waals surface area (Å²) in [6.45, 7) is 4.60. The van der Waals surface area contributed by atoms with E-state index in [9.17, 15) is 9.59 Å². The van der Waals surface area contributed by atoms with Gasteiger partial charge in [-0.1, -0.05) is 24.3 Å². The predicted octanol–water partition coefficient (Wildman–Crippen LogP) is 1.81. The van der Waals surface area contributed by atoms with Crippen molar-refractivity contribution in [1.29, 1.82) is 0 Å². The van der Waals surface area contributed by atoms with Crippen LogP contribution in [0, 0.1) is 19.8 Å². The van der Waals surface area contributed by atoms with Crippen molar-refractivity contribution in [1.82, 2.24) is 5.32 Å². The minimum atomic E-state index is -0.317. The molecule has 0 radical (unpaired) electrons. The maximum absolute atomic E-state index is 12.4. The average molecular weight is 390 g/mol. The molecule has 0 aliphatic carbocycles. The normalized spacial score (nSPS) is 16.9. The van der Waals surface area contributed by atoms with Crippen LogP contribution in [0.25, 0.3) is 12.2 Å². The molecular formula is C23H22N2O4. The lowest BCUT2D eigenvalue weighted by Gasteiger charge is -2.13. The van der Waals surface area contributed by atoms with Crippen molar-refractivity contribution < 1.29 is 19.1 Å². The van der Waals surface area contributed by atoms with Crippen molar-refractivity contribution in [2.24, 2.45) is 10.9 Å². The van der Waals surface area contributed by atoms with Crippen molar-refractivity contribution in [3.05, 3.63) is 63.7 Å². The van der Waals surface area contributed by atoms with E-state index in [-0.39, 0.29) is 24.5 Å². The van der Waals surface area contributed by atoms with Crippen LogP contribution in [0.3, 0.4) is 0 Å². The smallest absolute Gasteiger partial charge is 0.253 e. The second kappa shape index (κ2) is 7.91. The van der Waals surface area contributed by atoms with Crippen molar-refractivity contribution in [3.63, 3.8) is 0 Å². The summed E-state index contributed by atoms with van der Waals surface area (Å²) in [5.41, 5.74) is 3.00. The van der Waals surface area contributed by atoms with Crippen molar-refractivity contribution in [3.8, 4) is 11.5 Å². The quantitative estimate of drug-likeness (QED) is 0.790. The number of ether oxygens (including phenoxy) is 2. The Kier molecular flexibility index (Phi) is 5.16. The lowest BCUT2D eigenvalue weighted by molar-refractivity contribution is -0.121. The first-order valence-electron chi connectivity index (χ1n) is 9.57. The molecule has 29 heavy (non-hydrogen) atoms. The van der Waals surface area contributed by atoms with Gasteiger partial charge in [-0.25, -0.2) is 4.99 Å². The molecule has 4 rings (SSSR count). The molecule has 0 saturated carbocycles. The summed E-state index contributed by atoms with van der Waals surface area (Å²) in [5, 5.41) is 4.57. The highest BCUT2D eigenvalue weighted by atomic mass is 16.7. The maximum Gasteiger partial charge on any atom is 0.253 e. The Morgan fingerprint density at radius 2 is 2.03 bits per heavy atom. The Balaban J connectivity index is 1.34. The van der Waals surface area contributed by atoms with Crippen molar-refractivity contribution in [2.45, 2.75) is 20.3 Å². The summed E-state index contributed by atoms with van der Waals surface area (Å²) in [6.07, 6.45) is 5.64. The summed E-state index contributed by atoms with van der Waals surface area (Å²) < 4.78 is 10.6. The highest BCUT2D eigenvalue weighted by Gasteiger charge is 2.19. The number of nitrogens with one attached hydrogen (secondary N) is 1. The largest absolute Gasteiger partial charge is 0.454 e. The third kappa shape index (κ3) is 4.06. The number of nitrogens with zero attached hydrogens (tertiary/aromatic N) is 1. The van der Waals surface area contributed by atoms with Gasteiger partial charge in [-0.3, -0.25) is 9.59 Å². The molecular weight excluding hydrogens is 368 g/mol. The summed E-state index contributed by atoms with van der Waals surface area (Å²) in [6, 6.07) is 9.53. The number of hydrogen-bond donors (Lipinski definition) is 1. The number of amides is 2. The van der Waals surface area contributed by atoms with E-state index in [4.69, 9.17) is 9.47 Å². The molecule has 2 aromatic carbocycles. The number of aryl methyl sites for hydroxylation is 1. The Labute approximate surface area is 168 Å². The Hall–Kier alpha value is -3.41. The number of hydrogen-bond acceptors (Lipinski definition) is 4. The molecule has 0 saturated heterocycles. The summed E-state index contributed by atoms with van der Waals surface area (Å²) in [7, 11) is 0. The minimum Gasteiger partial charge on any atom is -0.454 e. The van der Waals surface area contributed by atoms with Crippen LogP contribution in [-0.4, -0.2) is 25.2 Å². The Morgan fingerprint density at radius 3 is 2.90 bits per heavy atom. The zero-order valence-corrected chi connectivity index (χ0v) is 16.4. The molecule has 2 heterocycles. The fourth-order valence-electron chi connectivity index (χ4n) is 3.39. The average Bonchev–Trinajstić information content (AvgIpc) is 3.18. The first kappa shape index (κ1) is 18.9. The number of benzene rings is 2. The van der Waals surface area contributed by atoms with Gasteiger partial charge in [-0.15, -0.1) is 0 Å². The van der Waals surface area contributed by atoms with Gasteiger partial charge in [0.05, 0.1) is 11.3 Å². The van der Waals surface area contributed by atoms with Crippen LogP contribution in [0.4, 0.5) is 0 Å². The van der Waals surface area contributed by atoms with E-state index in [1.165, 1.54) is 6.08 Å². The molecule has 0 bridgehead atoms. The molecule has 6 heteroatoms. The molecule has 148 valence electrons. The minimum absolute atomic E-state index is 0.156. The molecule has 1 unspecified atom stereocenters. The molecule has 2 aromatic rings. The van der Waals surface area contributed by atoms with E-state index in [0.717, 1.165) is 27.3 Å². The summed E-state index contributed by atoms with van der Waals surface area (Å²) >= 11 is 0. The monoisotopic (exact) mass is 390 g/mol. The van der Waals surface area contributed by atoms with E-state index in [2.05, 4.69) is 10.3 Å². The van der Waals surface area contributed by atoms with Gasteiger partial charge in [0.1, 0.15) is 0 Å². The molecule has 0 aromatic heterocycles. The van der Waals surface area contributed by atoms with Gasteiger partial charge >= 0.3 is 0 Å². The van der Waals surface area contributed by atoms with E-state index in [1.54, 1.807) is 6.08 Å². The fourth-order valence-corrected chi connectivity index (χ4v) is 3.39. The van der Waals surface area contributed by atoms with E-state index < -0.39 is 0 Å². The van der Waals surface area contributed by atoms with E-state index in [0.29, 0.717) is 24.5 Å². The van der Waals surface area contributed by atoms with Gasteiger partial charge in [0, 0.05) is 12.6 Å². The molecule has 2 aliphatic heterocycles. The van der Waals surface area contributed by atoms with Crippen LogP contribution in [0.1, 0.15) is 23.1 Å². The molecule has 0 fully saturated rings. The van der Waals surface area contributed by atoms with E-state index >= 15 is 0 Å². The highest BCUT2D eigenvalue weighted by molar-refractivity contribution is 5.92. The number of carbonyl (C=O) groups is 2. The van der Waals surface area contributed by atoms with Crippen LogP contribution >= 0.6 is 0 Å². The molecule has 6 nitrogen and oxygen atoms in total. The Bertz CT molecular complexity index is 1130. The Morgan fingerprint density at radius 1 is 1.21 bits per heavy atom. The van der Waals surface area contributed by atoms with Gasteiger partial charge in [-0.05, 0) is 60.4 Å². The third-order valence-electron chi connectivity index (χ3n) is 5.23. The first-order chi connectivity index (χ1) is 14.0. The zero-order valence-electron chi connectivity index (χ0n) is 16.4. The number of carbonyl (C=O) groups excluding carboxylic acids is 2. The summed E-state index contributed by atoms with van der Waals surface area (Å²) in [4.78, 5) is 28.7. The summed E-state index contributed by atoms with van der Waals surface area (Å²) in [5.74, 6) is 0.694. The molecule has 2 amide bonds. The first-order valence-corrected chi connectivity index (χ1v) is 9.57. The molecule has 1 N–H and O–H groups in total. The van der Waals surface area contributed by atoms with Crippen LogP contribution in [0.2, 0.25) is 0 Å². The van der Waals surface area contributed by atoms with Gasteiger partial charge in [0.15, 0.2) is 11.5 Å². The zero-order chi connectivity index (χ0) is 20.4. The van der Waals surface area contributed by atoms with Gasteiger partial charge in [0.2, 0.25) is 12.7 Å². The topological polar surface area (TPSA) is 77.0 Å². The lowest BCUT2D eigenvalue weighted by Crippen LogP contribution is -2.37. The second-order valence-electron chi connectivity index (χ2n) is 7.19. The number of rotatable bonds is 5. The van der Waals surface area contributed by atoms with Gasteiger partial charge in [-0.2, -0.15) is 0 Å². The van der Waals surface area contributed by atoms with Crippen LogP contribution in [-0.2, 0) is 9.59 Å². The van der Waals surface area contributed by atoms with Crippen molar-refractivity contribution >= 4 is 24.0 Å². The predicted molar refractivity (Wildman–Crippen MR) is 109 cm³/mol. The third-order valence-corrected chi connectivity index (χ3v) is 5.23. The van der Waals surface area contributed by atoms with Crippen molar-refractivity contribution in [2.75, 3.05) is 13.3 Å². The van der Waals surface area contributed by atoms with Crippen LogP contribution in [0.5, 0.6) is 11.5 Å². The lowest BCUT2D eigenvalue weighted by atomic mass is 9.98. The van der Waals surface area contributed by atoms with Crippen LogP contribution < -0.4 is 25.4 Å². The van der Waals surface area contributed by atoms with E-state index in [1.807, 2.05) is 50.3 Å². The second-order valence-corrected chi connectivity index (χ2v) is 7.19. The molecule has 1 atom stereocenters. The standard InChI is InChI=1S/C23H22N2O4/c1-14-3-6-17-12-18(23(27)25-22(17)15(14)2)9-10-24-21(26)8-5-16-4-7-19-20(11-16)29-13-28-19/h3-8,11-12,18H,9-10,13H2,1-2H3,(H,24,26)/b8-5+.